The van der Waals surface area contributed by atoms with Gasteiger partial charge in [0.2, 0.25) is 0 Å². The summed E-state index contributed by atoms with van der Waals surface area (Å²) in [5.41, 5.74) is 1.26. The molecule has 0 N–H and O–H groups in total. The highest BCUT2D eigenvalue weighted by atomic mass is 79.9. The topological polar surface area (TPSA) is 16.1 Å². The van der Waals surface area contributed by atoms with Crippen molar-refractivity contribution >= 4 is 21.7 Å². The van der Waals surface area contributed by atoms with E-state index in [0.717, 1.165) is 29.3 Å². The Morgan fingerprint density at radius 2 is 2.36 bits per heavy atom. The molecular weight excluding hydrogens is 240 g/mol. The molecule has 0 bridgehead atoms. The van der Waals surface area contributed by atoms with Gasteiger partial charge in [-0.3, -0.25) is 0 Å². The predicted octanol–water partition coefficient (Wildman–Crippen LogP) is 3.00. The number of hydrogen-bond acceptors (Lipinski definition) is 2. The summed E-state index contributed by atoms with van der Waals surface area (Å²) >= 11 is 3.44. The van der Waals surface area contributed by atoms with Gasteiger partial charge in [0.15, 0.2) is 0 Å². The maximum absolute atomic E-state index is 4.47. The first-order valence-corrected chi connectivity index (χ1v) is 5.83. The van der Waals surface area contributed by atoms with E-state index >= 15 is 0 Å². The number of aryl methyl sites for hydroxylation is 1. The van der Waals surface area contributed by atoms with E-state index in [4.69, 9.17) is 0 Å². The predicted molar refractivity (Wildman–Crippen MR) is 62.7 cm³/mol. The highest BCUT2D eigenvalue weighted by molar-refractivity contribution is 9.10. The summed E-state index contributed by atoms with van der Waals surface area (Å²) < 4.78 is 1.06. The Balaban J connectivity index is 2.24. The fraction of sp³-hybridized carbons (Fsp3) is 0.545. The zero-order valence-electron chi connectivity index (χ0n) is 8.63. The van der Waals surface area contributed by atoms with Crippen molar-refractivity contribution in [2.45, 2.75) is 20.3 Å². The fourth-order valence-electron chi connectivity index (χ4n) is 1.99. The van der Waals surface area contributed by atoms with E-state index in [1.165, 1.54) is 12.0 Å². The van der Waals surface area contributed by atoms with Crippen LogP contribution in [-0.2, 0) is 0 Å². The number of nitrogens with zero attached hydrogens (tertiary/aromatic N) is 2. The minimum Gasteiger partial charge on any atom is -0.356 e. The van der Waals surface area contributed by atoms with Crippen molar-refractivity contribution in [2.24, 2.45) is 5.92 Å². The quantitative estimate of drug-likeness (QED) is 0.766. The van der Waals surface area contributed by atoms with Gasteiger partial charge in [0.1, 0.15) is 5.82 Å². The van der Waals surface area contributed by atoms with Gasteiger partial charge in [0.05, 0.1) is 0 Å². The number of halogens is 1. The first-order chi connectivity index (χ1) is 6.66. The van der Waals surface area contributed by atoms with E-state index in [1.54, 1.807) is 0 Å². The zero-order chi connectivity index (χ0) is 10.1. The lowest BCUT2D eigenvalue weighted by Gasteiger charge is -2.19. The van der Waals surface area contributed by atoms with E-state index in [0.29, 0.717) is 0 Å². The van der Waals surface area contributed by atoms with Crippen LogP contribution in [0, 0.1) is 12.8 Å². The molecule has 1 unspecified atom stereocenters. The van der Waals surface area contributed by atoms with Gasteiger partial charge in [0, 0.05) is 23.8 Å². The molecule has 1 aromatic rings. The summed E-state index contributed by atoms with van der Waals surface area (Å²) in [6, 6.07) is 2.13. The summed E-state index contributed by atoms with van der Waals surface area (Å²) in [5, 5.41) is 0. The Bertz CT molecular complexity index is 338. The van der Waals surface area contributed by atoms with Gasteiger partial charge in [-0.15, -0.1) is 0 Å². The van der Waals surface area contributed by atoms with E-state index in [9.17, 15) is 0 Å². The largest absolute Gasteiger partial charge is 0.356 e. The molecule has 2 nitrogen and oxygen atoms in total. The van der Waals surface area contributed by atoms with Crippen molar-refractivity contribution in [2.75, 3.05) is 18.0 Å². The summed E-state index contributed by atoms with van der Waals surface area (Å²) in [7, 11) is 0. The SMILES string of the molecule is Cc1cc(Br)cnc1N1CCC(C)C1. The summed E-state index contributed by atoms with van der Waals surface area (Å²) in [6.45, 7) is 6.72. The van der Waals surface area contributed by atoms with E-state index < -0.39 is 0 Å². The molecule has 2 heterocycles. The molecule has 0 amide bonds. The number of pyridine rings is 1. The molecule has 0 spiro atoms. The van der Waals surface area contributed by atoms with E-state index in [2.05, 4.69) is 45.7 Å². The average Bonchev–Trinajstić information content (AvgIpc) is 2.51. The molecule has 1 atom stereocenters. The Hall–Kier alpha value is -0.570. The van der Waals surface area contributed by atoms with E-state index in [-0.39, 0.29) is 0 Å². The lowest BCUT2D eigenvalue weighted by Crippen LogP contribution is -2.21. The third-order valence-electron chi connectivity index (χ3n) is 2.74. The highest BCUT2D eigenvalue weighted by Gasteiger charge is 2.20. The molecule has 1 fully saturated rings. The van der Waals surface area contributed by atoms with Crippen LogP contribution in [0.4, 0.5) is 5.82 Å². The van der Waals surface area contributed by atoms with Gasteiger partial charge in [-0.2, -0.15) is 0 Å². The number of rotatable bonds is 1. The Kier molecular flexibility index (Phi) is 2.77. The van der Waals surface area contributed by atoms with Crippen LogP contribution in [0.15, 0.2) is 16.7 Å². The Morgan fingerprint density at radius 1 is 1.57 bits per heavy atom. The summed E-state index contributed by atoms with van der Waals surface area (Å²) in [4.78, 5) is 6.85. The van der Waals surface area contributed by atoms with Crippen LogP contribution in [0.1, 0.15) is 18.9 Å². The third-order valence-corrected chi connectivity index (χ3v) is 3.17. The lowest BCUT2D eigenvalue weighted by atomic mass is 10.2. The van der Waals surface area contributed by atoms with E-state index in [1.807, 2.05) is 6.20 Å². The van der Waals surface area contributed by atoms with Crippen LogP contribution >= 0.6 is 15.9 Å². The van der Waals surface area contributed by atoms with Crippen LogP contribution in [0.2, 0.25) is 0 Å². The maximum atomic E-state index is 4.47. The fourth-order valence-corrected chi connectivity index (χ4v) is 2.44. The molecule has 1 saturated heterocycles. The molecule has 1 aliphatic rings. The van der Waals surface area contributed by atoms with Gasteiger partial charge < -0.3 is 4.90 Å². The van der Waals surface area contributed by atoms with Gasteiger partial charge >= 0.3 is 0 Å². The van der Waals surface area contributed by atoms with Crippen molar-refractivity contribution in [1.29, 1.82) is 0 Å². The van der Waals surface area contributed by atoms with Crippen LogP contribution in [0.25, 0.3) is 0 Å². The minimum atomic E-state index is 0.805. The molecule has 0 aromatic carbocycles. The second-order valence-electron chi connectivity index (χ2n) is 4.13. The van der Waals surface area contributed by atoms with Gasteiger partial charge in [0.25, 0.3) is 0 Å². The van der Waals surface area contributed by atoms with Crippen LogP contribution in [0.5, 0.6) is 0 Å². The molecule has 2 rings (SSSR count). The second kappa shape index (κ2) is 3.89. The van der Waals surface area contributed by atoms with Crippen molar-refractivity contribution in [3.05, 3.63) is 22.3 Å². The molecule has 0 saturated carbocycles. The molecule has 0 radical (unpaired) electrons. The number of anilines is 1. The first kappa shape index (κ1) is 9.97. The standard InChI is InChI=1S/C11H15BrN2/c1-8-3-4-14(7-8)11-9(2)5-10(12)6-13-11/h5-6,8H,3-4,7H2,1-2H3. The third kappa shape index (κ3) is 1.92. The summed E-state index contributed by atoms with van der Waals surface area (Å²) in [6.07, 6.45) is 3.17. The average molecular weight is 255 g/mol. The second-order valence-corrected chi connectivity index (χ2v) is 5.05. The molecule has 14 heavy (non-hydrogen) atoms. The van der Waals surface area contributed by atoms with Crippen molar-refractivity contribution in [3.8, 4) is 0 Å². The molecule has 0 aliphatic carbocycles. The van der Waals surface area contributed by atoms with Crippen molar-refractivity contribution in [3.63, 3.8) is 0 Å². The van der Waals surface area contributed by atoms with Crippen molar-refractivity contribution < 1.29 is 0 Å². The molecule has 1 aliphatic heterocycles. The zero-order valence-corrected chi connectivity index (χ0v) is 10.2. The van der Waals surface area contributed by atoms with Crippen LogP contribution in [0.3, 0.4) is 0 Å². The van der Waals surface area contributed by atoms with Crippen LogP contribution in [-0.4, -0.2) is 18.1 Å². The molecular formula is C11H15BrN2. The minimum absolute atomic E-state index is 0.805. The monoisotopic (exact) mass is 254 g/mol. The summed E-state index contributed by atoms with van der Waals surface area (Å²) in [5.74, 6) is 1.96. The van der Waals surface area contributed by atoms with Gasteiger partial charge in [-0.05, 0) is 46.8 Å². The van der Waals surface area contributed by atoms with Gasteiger partial charge in [-0.1, -0.05) is 6.92 Å². The number of hydrogen-bond donors (Lipinski definition) is 0. The Morgan fingerprint density at radius 3 is 2.93 bits per heavy atom. The lowest BCUT2D eigenvalue weighted by molar-refractivity contribution is 0.658. The Labute approximate surface area is 93.5 Å². The van der Waals surface area contributed by atoms with Gasteiger partial charge in [-0.25, -0.2) is 4.98 Å². The smallest absolute Gasteiger partial charge is 0.131 e. The molecule has 3 heteroatoms. The van der Waals surface area contributed by atoms with Crippen molar-refractivity contribution in [1.82, 2.24) is 4.98 Å². The number of aromatic nitrogens is 1. The molecule has 1 aromatic heterocycles. The maximum Gasteiger partial charge on any atom is 0.131 e. The highest BCUT2D eigenvalue weighted by Crippen LogP contribution is 2.25. The first-order valence-electron chi connectivity index (χ1n) is 5.04. The van der Waals surface area contributed by atoms with Crippen LogP contribution < -0.4 is 4.90 Å². The molecule has 76 valence electrons. The normalized spacial score (nSPS) is 21.6.